The minimum Gasteiger partial charge on any atom is -0.364 e. The fourth-order valence-corrected chi connectivity index (χ4v) is 2.52. The lowest BCUT2D eigenvalue weighted by Crippen LogP contribution is -2.35. The summed E-state index contributed by atoms with van der Waals surface area (Å²) in [6, 6.07) is 4.37. The molecule has 2 rings (SSSR count). The minimum atomic E-state index is -0.423. The summed E-state index contributed by atoms with van der Waals surface area (Å²) in [7, 11) is 0. The van der Waals surface area contributed by atoms with Crippen molar-refractivity contribution in [1.29, 1.82) is 0 Å². The number of benzene rings is 1. The van der Waals surface area contributed by atoms with E-state index in [1.807, 2.05) is 0 Å². The highest BCUT2D eigenvalue weighted by Gasteiger charge is 2.29. The molecule has 19 heavy (non-hydrogen) atoms. The average molecular weight is 331 g/mol. The van der Waals surface area contributed by atoms with Gasteiger partial charge in [0.05, 0.1) is 6.10 Å². The fraction of sp³-hybridized carbons (Fsp3) is 0.462. The molecule has 3 N–H and O–H groups in total. The predicted octanol–water partition coefficient (Wildman–Crippen LogP) is 1.71. The molecule has 0 bridgehead atoms. The molecule has 4 nitrogen and oxygen atoms in total. The molecule has 0 unspecified atom stereocenters. The quantitative estimate of drug-likeness (QED) is 0.883. The first-order chi connectivity index (χ1) is 9.10. The summed E-state index contributed by atoms with van der Waals surface area (Å²) in [6.45, 7) is 0.778. The first-order valence-electron chi connectivity index (χ1n) is 6.17. The van der Waals surface area contributed by atoms with E-state index < -0.39 is 6.10 Å². The molecule has 1 aliphatic heterocycles. The maximum absolute atomic E-state index is 12.9. The number of amides is 1. The van der Waals surface area contributed by atoms with Gasteiger partial charge >= 0.3 is 0 Å². The largest absolute Gasteiger partial charge is 0.364 e. The van der Waals surface area contributed by atoms with Gasteiger partial charge in [-0.1, -0.05) is 22.0 Å². The van der Waals surface area contributed by atoms with E-state index in [4.69, 9.17) is 10.5 Å². The monoisotopic (exact) mass is 330 g/mol. The van der Waals surface area contributed by atoms with Crippen molar-refractivity contribution < 1.29 is 13.9 Å². The number of nitrogens with two attached hydrogens (primary N) is 1. The number of hydrogen-bond donors (Lipinski definition) is 2. The van der Waals surface area contributed by atoms with E-state index in [0.717, 1.165) is 12.0 Å². The molecular formula is C13H16BrFN2O2. The molecule has 1 aromatic rings. The third kappa shape index (κ3) is 3.75. The summed E-state index contributed by atoms with van der Waals surface area (Å²) in [5.74, 6) is -0.459. The molecule has 6 heteroatoms. The van der Waals surface area contributed by atoms with E-state index in [9.17, 15) is 9.18 Å². The molecule has 1 fully saturated rings. The summed E-state index contributed by atoms with van der Waals surface area (Å²) >= 11 is 3.26. The van der Waals surface area contributed by atoms with E-state index in [1.165, 1.54) is 12.1 Å². The molecule has 1 aromatic carbocycles. The molecule has 2 atom stereocenters. The van der Waals surface area contributed by atoms with E-state index in [-0.39, 0.29) is 17.8 Å². The Morgan fingerprint density at radius 3 is 2.95 bits per heavy atom. The normalized spacial score (nSPS) is 22.5. The van der Waals surface area contributed by atoms with Crippen molar-refractivity contribution in [2.45, 2.75) is 31.6 Å². The Hall–Kier alpha value is -0.980. The van der Waals surface area contributed by atoms with Gasteiger partial charge in [0.25, 0.3) is 0 Å². The van der Waals surface area contributed by atoms with Crippen LogP contribution in [0.15, 0.2) is 22.7 Å². The molecule has 0 aromatic heterocycles. The standard InChI is InChI=1S/C13H16BrFN2O2/c14-11-5-9(15)2-1-8(11)7-17-13(18)12-4-3-10(6-16)19-12/h1-2,5,10,12H,3-4,6-7,16H2,(H,17,18)/t10-,12+/m1/s1. The molecule has 0 aliphatic carbocycles. The van der Waals surface area contributed by atoms with Crippen LogP contribution in [0.3, 0.4) is 0 Å². The highest BCUT2D eigenvalue weighted by molar-refractivity contribution is 9.10. The maximum atomic E-state index is 12.9. The third-order valence-corrected chi connectivity index (χ3v) is 3.87. The average Bonchev–Trinajstić information content (AvgIpc) is 2.86. The highest BCUT2D eigenvalue weighted by atomic mass is 79.9. The lowest BCUT2D eigenvalue weighted by atomic mass is 10.2. The number of carbonyl (C=O) groups excluding carboxylic acids is 1. The van der Waals surface area contributed by atoms with Crippen molar-refractivity contribution in [3.05, 3.63) is 34.1 Å². The number of nitrogens with one attached hydrogen (secondary N) is 1. The van der Waals surface area contributed by atoms with Crippen molar-refractivity contribution >= 4 is 21.8 Å². The number of halogens is 2. The van der Waals surface area contributed by atoms with Gasteiger partial charge in [0, 0.05) is 17.6 Å². The molecule has 104 valence electrons. The number of carbonyl (C=O) groups is 1. The highest BCUT2D eigenvalue weighted by Crippen LogP contribution is 2.20. The Kier molecular flexibility index (Phi) is 4.90. The van der Waals surface area contributed by atoms with Gasteiger partial charge in [-0.05, 0) is 30.5 Å². The van der Waals surface area contributed by atoms with Crippen LogP contribution in [-0.4, -0.2) is 24.7 Å². The number of rotatable bonds is 4. The lowest BCUT2D eigenvalue weighted by molar-refractivity contribution is -0.132. The van der Waals surface area contributed by atoms with Crippen molar-refractivity contribution in [2.24, 2.45) is 5.73 Å². The van der Waals surface area contributed by atoms with Crippen LogP contribution in [0.5, 0.6) is 0 Å². The first kappa shape index (κ1) is 14.4. The third-order valence-electron chi connectivity index (χ3n) is 3.13. The van der Waals surface area contributed by atoms with Gasteiger partial charge in [-0.25, -0.2) is 4.39 Å². The second-order valence-corrected chi connectivity index (χ2v) is 5.37. The molecule has 1 heterocycles. The van der Waals surface area contributed by atoms with Crippen molar-refractivity contribution in [3.8, 4) is 0 Å². The molecule has 0 spiro atoms. The topological polar surface area (TPSA) is 64.4 Å². The van der Waals surface area contributed by atoms with Gasteiger partial charge in [0.1, 0.15) is 11.9 Å². The Balaban J connectivity index is 1.87. The Bertz CT molecular complexity index is 470. The van der Waals surface area contributed by atoms with Gasteiger partial charge < -0.3 is 15.8 Å². The van der Waals surface area contributed by atoms with Crippen LogP contribution < -0.4 is 11.1 Å². The summed E-state index contributed by atoms with van der Waals surface area (Å²) < 4.78 is 19.1. The number of ether oxygens (including phenoxy) is 1. The summed E-state index contributed by atoms with van der Waals surface area (Å²) in [4.78, 5) is 11.9. The fourth-order valence-electron chi connectivity index (χ4n) is 2.03. The van der Waals surface area contributed by atoms with E-state index in [1.54, 1.807) is 6.07 Å². The molecule has 1 amide bonds. The molecular weight excluding hydrogens is 315 g/mol. The van der Waals surface area contributed by atoms with Gasteiger partial charge in [-0.2, -0.15) is 0 Å². The summed E-state index contributed by atoms with van der Waals surface area (Å²) in [5, 5.41) is 2.79. The van der Waals surface area contributed by atoms with Gasteiger partial charge in [0.2, 0.25) is 5.91 Å². The van der Waals surface area contributed by atoms with Crippen LogP contribution in [0.2, 0.25) is 0 Å². The Labute approximate surface area is 119 Å². The van der Waals surface area contributed by atoms with Crippen LogP contribution in [-0.2, 0) is 16.1 Å². The zero-order valence-electron chi connectivity index (χ0n) is 10.4. The number of hydrogen-bond acceptors (Lipinski definition) is 3. The van der Waals surface area contributed by atoms with E-state index in [2.05, 4.69) is 21.2 Å². The lowest BCUT2D eigenvalue weighted by Gasteiger charge is -2.13. The zero-order valence-corrected chi connectivity index (χ0v) is 12.0. The van der Waals surface area contributed by atoms with Crippen molar-refractivity contribution in [2.75, 3.05) is 6.54 Å². The summed E-state index contributed by atoms with van der Waals surface area (Å²) in [5.41, 5.74) is 6.32. The van der Waals surface area contributed by atoms with Crippen LogP contribution in [0.4, 0.5) is 4.39 Å². The second kappa shape index (κ2) is 6.45. The SMILES string of the molecule is NC[C@H]1CC[C@@H](C(=O)NCc2ccc(F)cc2Br)O1. The van der Waals surface area contributed by atoms with Gasteiger partial charge in [0.15, 0.2) is 0 Å². The second-order valence-electron chi connectivity index (χ2n) is 4.51. The molecule has 0 radical (unpaired) electrons. The minimum absolute atomic E-state index is 0.0201. The van der Waals surface area contributed by atoms with Crippen molar-refractivity contribution in [3.63, 3.8) is 0 Å². The zero-order chi connectivity index (χ0) is 13.8. The smallest absolute Gasteiger partial charge is 0.249 e. The van der Waals surface area contributed by atoms with Crippen LogP contribution in [0.1, 0.15) is 18.4 Å². The molecule has 0 saturated carbocycles. The van der Waals surface area contributed by atoms with Crippen LogP contribution in [0, 0.1) is 5.82 Å². The van der Waals surface area contributed by atoms with Crippen LogP contribution in [0.25, 0.3) is 0 Å². The van der Waals surface area contributed by atoms with E-state index >= 15 is 0 Å². The van der Waals surface area contributed by atoms with E-state index in [0.29, 0.717) is 24.0 Å². The van der Waals surface area contributed by atoms with Crippen molar-refractivity contribution in [1.82, 2.24) is 5.32 Å². The molecule has 1 saturated heterocycles. The van der Waals surface area contributed by atoms with Crippen LogP contribution >= 0.6 is 15.9 Å². The maximum Gasteiger partial charge on any atom is 0.249 e. The van der Waals surface area contributed by atoms with Gasteiger partial charge in [-0.3, -0.25) is 4.79 Å². The first-order valence-corrected chi connectivity index (χ1v) is 6.96. The van der Waals surface area contributed by atoms with Gasteiger partial charge in [-0.15, -0.1) is 0 Å². The predicted molar refractivity (Wildman–Crippen MR) is 72.9 cm³/mol. The Morgan fingerprint density at radius 2 is 2.32 bits per heavy atom. The molecule has 1 aliphatic rings. The summed E-state index contributed by atoms with van der Waals surface area (Å²) in [6.07, 6.45) is 1.06. The Morgan fingerprint density at radius 1 is 1.53 bits per heavy atom.